The first-order valence-electron chi connectivity index (χ1n) is 6.21. The Bertz CT molecular complexity index is 629. The molecule has 1 unspecified atom stereocenters. The number of rotatable bonds is 4. The van der Waals surface area contributed by atoms with Gasteiger partial charge in [-0.3, -0.25) is 0 Å². The summed E-state index contributed by atoms with van der Waals surface area (Å²) in [4.78, 5) is 22.5. The first-order valence-corrected chi connectivity index (χ1v) is 6.21. The Labute approximate surface area is 120 Å². The van der Waals surface area contributed by atoms with Crippen LogP contribution < -0.4 is 0 Å². The molecule has 1 heterocycles. The molecule has 0 saturated carbocycles. The van der Waals surface area contributed by atoms with Gasteiger partial charge in [0.15, 0.2) is 17.6 Å². The fraction of sp³-hybridized carbons (Fsp3) is 0.200. The van der Waals surface area contributed by atoms with Crippen LogP contribution in [-0.2, 0) is 19.1 Å². The van der Waals surface area contributed by atoms with Crippen molar-refractivity contribution in [1.29, 1.82) is 0 Å². The summed E-state index contributed by atoms with van der Waals surface area (Å²) in [5.41, 5.74) is 1.24. The Hall–Kier alpha value is -2.76. The van der Waals surface area contributed by atoms with Gasteiger partial charge in [0.1, 0.15) is 6.61 Å². The summed E-state index contributed by atoms with van der Waals surface area (Å²) in [5.74, 6) is -1.55. The van der Waals surface area contributed by atoms with Crippen LogP contribution in [0.25, 0.3) is 6.08 Å². The monoisotopic (exact) mass is 290 g/mol. The highest BCUT2D eigenvalue weighted by atomic mass is 16.6. The van der Waals surface area contributed by atoms with E-state index in [-0.39, 0.29) is 18.1 Å². The molecule has 0 saturated heterocycles. The lowest BCUT2D eigenvalue weighted by molar-refractivity contribution is -0.148. The van der Waals surface area contributed by atoms with Gasteiger partial charge in [0.05, 0.1) is 0 Å². The molecule has 0 aromatic heterocycles. The molecule has 1 aromatic carbocycles. The number of ether oxygens (including phenoxy) is 2. The van der Waals surface area contributed by atoms with E-state index in [9.17, 15) is 14.7 Å². The molecular formula is C15H14O6. The highest BCUT2D eigenvalue weighted by molar-refractivity contribution is 5.88. The number of phenolic OH excluding ortho intramolecular Hbond substituents is 2. The average Bonchev–Trinajstić information content (AvgIpc) is 2.76. The Morgan fingerprint density at radius 3 is 2.76 bits per heavy atom. The zero-order valence-electron chi connectivity index (χ0n) is 11.3. The SMILES string of the molecule is CC1=CC(=O)OC1COC(=O)/C=C/c1ccc(O)c(O)c1. The number of hydrogen-bond acceptors (Lipinski definition) is 6. The molecule has 6 nitrogen and oxygen atoms in total. The number of esters is 2. The van der Waals surface area contributed by atoms with Crippen molar-refractivity contribution >= 4 is 18.0 Å². The third-order valence-electron chi connectivity index (χ3n) is 2.90. The van der Waals surface area contributed by atoms with Gasteiger partial charge in [-0.2, -0.15) is 0 Å². The molecule has 110 valence electrons. The van der Waals surface area contributed by atoms with Gasteiger partial charge >= 0.3 is 11.9 Å². The summed E-state index contributed by atoms with van der Waals surface area (Å²) in [7, 11) is 0. The van der Waals surface area contributed by atoms with Gasteiger partial charge in [0.25, 0.3) is 0 Å². The number of carbonyl (C=O) groups excluding carboxylic acids is 2. The summed E-state index contributed by atoms with van der Waals surface area (Å²) >= 11 is 0. The smallest absolute Gasteiger partial charge is 0.331 e. The Kier molecular flexibility index (Phi) is 4.27. The number of benzene rings is 1. The largest absolute Gasteiger partial charge is 0.504 e. The van der Waals surface area contributed by atoms with Gasteiger partial charge in [0.2, 0.25) is 0 Å². The fourth-order valence-electron chi connectivity index (χ4n) is 1.73. The molecule has 2 N–H and O–H groups in total. The second kappa shape index (κ2) is 6.13. The molecule has 0 radical (unpaired) electrons. The molecule has 0 fully saturated rings. The topological polar surface area (TPSA) is 93.1 Å². The standard InChI is InChI=1S/C15H14O6/c1-9-6-15(19)21-13(9)8-20-14(18)5-3-10-2-4-11(16)12(17)7-10/h2-7,13,16-17H,8H2,1H3/b5-3+. The maximum atomic E-state index is 11.5. The third-order valence-corrected chi connectivity index (χ3v) is 2.90. The lowest BCUT2D eigenvalue weighted by atomic mass is 10.2. The van der Waals surface area contributed by atoms with Crippen molar-refractivity contribution in [2.24, 2.45) is 0 Å². The second-order valence-corrected chi connectivity index (χ2v) is 4.53. The number of aromatic hydroxyl groups is 2. The summed E-state index contributed by atoms with van der Waals surface area (Å²) in [5, 5.41) is 18.5. The highest BCUT2D eigenvalue weighted by Crippen LogP contribution is 2.25. The van der Waals surface area contributed by atoms with Crippen LogP contribution in [0.4, 0.5) is 0 Å². The minimum Gasteiger partial charge on any atom is -0.504 e. The van der Waals surface area contributed by atoms with E-state index in [4.69, 9.17) is 14.6 Å². The van der Waals surface area contributed by atoms with Crippen molar-refractivity contribution in [2.45, 2.75) is 13.0 Å². The highest BCUT2D eigenvalue weighted by Gasteiger charge is 2.23. The summed E-state index contributed by atoms with van der Waals surface area (Å²) in [6, 6.07) is 4.15. The number of cyclic esters (lactones) is 1. The summed E-state index contributed by atoms with van der Waals surface area (Å²) < 4.78 is 9.89. The van der Waals surface area contributed by atoms with Crippen LogP contribution in [0.2, 0.25) is 0 Å². The van der Waals surface area contributed by atoms with E-state index in [1.165, 1.54) is 36.4 Å². The minimum absolute atomic E-state index is 0.0436. The molecule has 1 atom stereocenters. The maximum Gasteiger partial charge on any atom is 0.331 e. The quantitative estimate of drug-likeness (QED) is 0.496. The molecule has 0 amide bonds. The molecule has 0 aliphatic carbocycles. The average molecular weight is 290 g/mol. The van der Waals surface area contributed by atoms with E-state index in [0.29, 0.717) is 11.1 Å². The van der Waals surface area contributed by atoms with Crippen LogP contribution in [0.5, 0.6) is 11.5 Å². The lowest BCUT2D eigenvalue weighted by Gasteiger charge is -2.10. The minimum atomic E-state index is -0.599. The molecule has 0 bridgehead atoms. The normalized spacial score (nSPS) is 17.7. The van der Waals surface area contributed by atoms with E-state index in [1.807, 2.05) is 0 Å². The van der Waals surface area contributed by atoms with Crippen molar-refractivity contribution in [2.75, 3.05) is 6.61 Å². The first-order chi connectivity index (χ1) is 9.95. The van der Waals surface area contributed by atoms with Crippen LogP contribution in [0.1, 0.15) is 12.5 Å². The van der Waals surface area contributed by atoms with Crippen molar-refractivity contribution in [1.82, 2.24) is 0 Å². The van der Waals surface area contributed by atoms with E-state index < -0.39 is 18.0 Å². The Morgan fingerprint density at radius 2 is 2.14 bits per heavy atom. The van der Waals surface area contributed by atoms with Crippen LogP contribution in [0.3, 0.4) is 0 Å². The van der Waals surface area contributed by atoms with E-state index in [1.54, 1.807) is 6.92 Å². The van der Waals surface area contributed by atoms with Crippen molar-refractivity contribution in [3.05, 3.63) is 41.5 Å². The van der Waals surface area contributed by atoms with Crippen molar-refractivity contribution in [3.8, 4) is 11.5 Å². The molecule has 1 aliphatic heterocycles. The van der Waals surface area contributed by atoms with Gasteiger partial charge in [-0.05, 0) is 36.3 Å². The van der Waals surface area contributed by atoms with E-state index in [0.717, 1.165) is 0 Å². The molecule has 21 heavy (non-hydrogen) atoms. The van der Waals surface area contributed by atoms with E-state index in [2.05, 4.69) is 0 Å². The summed E-state index contributed by atoms with van der Waals surface area (Å²) in [6.45, 7) is 1.68. The van der Waals surface area contributed by atoms with Gasteiger partial charge in [-0.25, -0.2) is 9.59 Å². The second-order valence-electron chi connectivity index (χ2n) is 4.53. The third kappa shape index (κ3) is 3.85. The zero-order chi connectivity index (χ0) is 15.4. The molecule has 6 heteroatoms. The van der Waals surface area contributed by atoms with Crippen molar-refractivity contribution in [3.63, 3.8) is 0 Å². The predicted octanol–water partition coefficient (Wildman–Crippen LogP) is 1.53. The molecule has 2 rings (SSSR count). The van der Waals surface area contributed by atoms with Gasteiger partial charge < -0.3 is 19.7 Å². The van der Waals surface area contributed by atoms with Crippen LogP contribution in [-0.4, -0.2) is 34.9 Å². The molecular weight excluding hydrogens is 276 g/mol. The Balaban J connectivity index is 1.87. The molecule has 0 spiro atoms. The number of phenols is 2. The number of carbonyl (C=O) groups is 2. The van der Waals surface area contributed by atoms with E-state index >= 15 is 0 Å². The summed E-state index contributed by atoms with van der Waals surface area (Å²) in [6.07, 6.45) is 3.44. The first kappa shape index (κ1) is 14.6. The maximum absolute atomic E-state index is 11.5. The Morgan fingerprint density at radius 1 is 1.38 bits per heavy atom. The van der Waals surface area contributed by atoms with Gasteiger partial charge in [-0.1, -0.05) is 6.07 Å². The lowest BCUT2D eigenvalue weighted by Crippen LogP contribution is -2.20. The van der Waals surface area contributed by atoms with Gasteiger partial charge in [-0.15, -0.1) is 0 Å². The molecule has 1 aromatic rings. The van der Waals surface area contributed by atoms with Crippen LogP contribution in [0.15, 0.2) is 35.9 Å². The van der Waals surface area contributed by atoms with Crippen molar-refractivity contribution < 1.29 is 29.3 Å². The number of hydrogen-bond donors (Lipinski definition) is 2. The van der Waals surface area contributed by atoms with Gasteiger partial charge in [0, 0.05) is 12.2 Å². The molecule has 1 aliphatic rings. The zero-order valence-corrected chi connectivity index (χ0v) is 11.3. The van der Waals surface area contributed by atoms with Crippen LogP contribution in [0, 0.1) is 0 Å². The van der Waals surface area contributed by atoms with Crippen LogP contribution >= 0.6 is 0 Å². The predicted molar refractivity (Wildman–Crippen MR) is 73.4 cm³/mol. The fourth-order valence-corrected chi connectivity index (χ4v) is 1.73.